The summed E-state index contributed by atoms with van der Waals surface area (Å²) in [6.07, 6.45) is 0.876. The van der Waals surface area contributed by atoms with Gasteiger partial charge in [-0.1, -0.05) is 24.3 Å². The number of thiophene rings is 1. The Morgan fingerprint density at radius 2 is 1.78 bits per heavy atom. The maximum atomic E-state index is 12.3. The molecule has 4 aromatic rings. The van der Waals surface area contributed by atoms with Gasteiger partial charge in [-0.3, -0.25) is 19.1 Å². The lowest BCUT2D eigenvalue weighted by molar-refractivity contribution is -0.141. The Kier molecular flexibility index (Phi) is 6.47. The van der Waals surface area contributed by atoms with Gasteiger partial charge in [0.25, 0.3) is 0 Å². The number of carbonyl (C=O) groups is 2. The van der Waals surface area contributed by atoms with Gasteiger partial charge in [-0.15, -0.1) is 21.5 Å². The number of methoxy groups -OCH3 is 2. The molecule has 0 amide bonds. The summed E-state index contributed by atoms with van der Waals surface area (Å²) in [6.45, 7) is 6.08. The van der Waals surface area contributed by atoms with Crippen molar-refractivity contribution < 1.29 is 19.1 Å². The third kappa shape index (κ3) is 4.25. The molecule has 0 saturated carbocycles. The van der Waals surface area contributed by atoms with E-state index in [-0.39, 0.29) is 12.4 Å². The zero-order chi connectivity index (χ0) is 26.3. The predicted octanol–water partition coefficient (Wildman–Crippen LogP) is 5.20. The van der Waals surface area contributed by atoms with Crippen LogP contribution in [-0.2, 0) is 9.53 Å². The highest BCUT2D eigenvalue weighted by Gasteiger charge is 2.32. The summed E-state index contributed by atoms with van der Waals surface area (Å²) in [4.78, 5) is 29.9. The molecule has 2 aromatic carbocycles. The van der Waals surface area contributed by atoms with E-state index in [2.05, 4.69) is 24.0 Å². The fraction of sp³-hybridized carbons (Fsp3) is 0.250. The van der Waals surface area contributed by atoms with Crippen LogP contribution in [0.3, 0.4) is 0 Å². The molecule has 8 nitrogen and oxygen atoms in total. The minimum absolute atomic E-state index is 0.0544. The summed E-state index contributed by atoms with van der Waals surface area (Å²) < 4.78 is 12.5. The number of hydrogen-bond acceptors (Lipinski definition) is 8. The van der Waals surface area contributed by atoms with Crippen molar-refractivity contribution in [3.8, 4) is 21.9 Å². The number of esters is 1. The monoisotopic (exact) mass is 514 g/mol. The van der Waals surface area contributed by atoms with Crippen molar-refractivity contribution in [2.24, 2.45) is 4.99 Å². The van der Waals surface area contributed by atoms with Crippen LogP contribution in [0.1, 0.15) is 56.0 Å². The van der Waals surface area contributed by atoms with Crippen LogP contribution < -0.4 is 4.74 Å². The molecule has 0 fully saturated rings. The first kappa shape index (κ1) is 24.6. The topological polar surface area (TPSA) is 95.7 Å². The number of aryl methyl sites for hydroxylation is 2. The summed E-state index contributed by atoms with van der Waals surface area (Å²) >= 11 is 1.66. The van der Waals surface area contributed by atoms with E-state index < -0.39 is 6.04 Å². The minimum Gasteiger partial charge on any atom is -0.496 e. The number of benzene rings is 2. The van der Waals surface area contributed by atoms with Gasteiger partial charge >= 0.3 is 5.97 Å². The van der Waals surface area contributed by atoms with Crippen LogP contribution in [0.25, 0.3) is 16.1 Å². The molecule has 0 N–H and O–H groups in total. The summed E-state index contributed by atoms with van der Waals surface area (Å²) in [6, 6.07) is 12.8. The number of ether oxygens (including phenoxy) is 2. The molecule has 188 valence electrons. The molecule has 1 atom stereocenters. The highest BCUT2D eigenvalue weighted by molar-refractivity contribution is 7.15. The molecular formula is C28H26N4O4S. The second kappa shape index (κ2) is 9.74. The first-order valence-corrected chi connectivity index (χ1v) is 12.6. The molecule has 0 radical (unpaired) electrons. The molecule has 3 heterocycles. The minimum atomic E-state index is -0.549. The van der Waals surface area contributed by atoms with E-state index in [1.807, 2.05) is 41.8 Å². The first-order chi connectivity index (χ1) is 17.9. The van der Waals surface area contributed by atoms with Gasteiger partial charge in [-0.2, -0.15) is 0 Å². The number of fused-ring (bicyclic) bond motifs is 3. The number of aldehydes is 1. The van der Waals surface area contributed by atoms with Crippen molar-refractivity contribution in [2.45, 2.75) is 33.2 Å². The molecule has 0 spiro atoms. The van der Waals surface area contributed by atoms with E-state index in [0.717, 1.165) is 50.6 Å². The lowest BCUT2D eigenvalue weighted by Gasteiger charge is -2.13. The van der Waals surface area contributed by atoms with Crippen molar-refractivity contribution in [2.75, 3.05) is 14.2 Å². The van der Waals surface area contributed by atoms with E-state index in [9.17, 15) is 9.59 Å². The Bertz CT molecular complexity index is 1550. The predicted molar refractivity (Wildman–Crippen MR) is 142 cm³/mol. The van der Waals surface area contributed by atoms with Crippen LogP contribution in [0, 0.1) is 20.8 Å². The number of carbonyl (C=O) groups excluding carboxylic acids is 2. The maximum absolute atomic E-state index is 12.3. The molecule has 0 bridgehead atoms. The van der Waals surface area contributed by atoms with Crippen LogP contribution in [0.15, 0.2) is 47.5 Å². The van der Waals surface area contributed by atoms with Gasteiger partial charge < -0.3 is 9.47 Å². The molecule has 0 saturated heterocycles. The van der Waals surface area contributed by atoms with E-state index in [1.165, 1.54) is 12.0 Å². The smallest absolute Gasteiger partial charge is 0.308 e. The Morgan fingerprint density at radius 1 is 1.05 bits per heavy atom. The third-order valence-corrected chi connectivity index (χ3v) is 7.85. The highest BCUT2D eigenvalue weighted by atomic mass is 32.1. The molecule has 9 heteroatoms. The van der Waals surface area contributed by atoms with E-state index in [1.54, 1.807) is 30.6 Å². The van der Waals surface area contributed by atoms with Gasteiger partial charge in [0.2, 0.25) is 0 Å². The standard InChI is InChI=1S/C28H26N4O4S/c1-15-16(2)37-28-25(15)26(29-22(13-24(34)36-5)27-31-30-17(3)32(27)28)20-9-7-19(8-10-20)21-12-18(14-33)6-11-23(21)35-4/h6-12,14,22H,13H2,1-5H3/t22-/m0/s1. The normalized spacial score (nSPS) is 14.3. The number of aliphatic imine (C=N–C) groups is 1. The average Bonchev–Trinajstić information content (AvgIpc) is 3.40. The van der Waals surface area contributed by atoms with Gasteiger partial charge in [0.15, 0.2) is 5.82 Å². The summed E-state index contributed by atoms with van der Waals surface area (Å²) in [7, 11) is 2.98. The van der Waals surface area contributed by atoms with Crippen molar-refractivity contribution in [1.29, 1.82) is 0 Å². The van der Waals surface area contributed by atoms with Crippen molar-refractivity contribution in [1.82, 2.24) is 14.8 Å². The number of hydrogen-bond donors (Lipinski definition) is 0. The van der Waals surface area contributed by atoms with Crippen molar-refractivity contribution >= 4 is 29.3 Å². The molecule has 1 aliphatic heterocycles. The molecular weight excluding hydrogens is 488 g/mol. The van der Waals surface area contributed by atoms with Gasteiger partial charge in [0, 0.05) is 27.1 Å². The molecule has 5 rings (SSSR count). The van der Waals surface area contributed by atoms with Gasteiger partial charge in [-0.05, 0) is 50.1 Å². The fourth-order valence-electron chi connectivity index (χ4n) is 4.60. The lowest BCUT2D eigenvalue weighted by atomic mass is 9.96. The SMILES string of the molecule is COC(=O)C[C@@H]1N=C(c2ccc(-c3cc(C=O)ccc3OC)cc2)c2c(sc(C)c2C)-n2c(C)nnc21. The highest BCUT2D eigenvalue weighted by Crippen LogP contribution is 2.40. The summed E-state index contributed by atoms with van der Waals surface area (Å²) in [5, 5.41) is 9.69. The number of rotatable bonds is 6. The van der Waals surface area contributed by atoms with Crippen LogP contribution in [0.5, 0.6) is 5.75 Å². The van der Waals surface area contributed by atoms with Crippen LogP contribution in [0.4, 0.5) is 0 Å². The Labute approximate surface area is 218 Å². The molecule has 0 aliphatic carbocycles. The van der Waals surface area contributed by atoms with Gasteiger partial charge in [-0.25, -0.2) is 0 Å². The quantitative estimate of drug-likeness (QED) is 0.259. The number of aromatic nitrogens is 3. The Hall–Kier alpha value is -4.11. The zero-order valence-corrected chi connectivity index (χ0v) is 22.0. The van der Waals surface area contributed by atoms with E-state index in [0.29, 0.717) is 17.1 Å². The Morgan fingerprint density at radius 3 is 2.46 bits per heavy atom. The van der Waals surface area contributed by atoms with Gasteiger partial charge in [0.1, 0.15) is 28.9 Å². The third-order valence-electron chi connectivity index (χ3n) is 6.66. The second-order valence-electron chi connectivity index (χ2n) is 8.83. The van der Waals surface area contributed by atoms with Crippen LogP contribution in [0.2, 0.25) is 0 Å². The van der Waals surface area contributed by atoms with Crippen molar-refractivity contribution in [3.63, 3.8) is 0 Å². The molecule has 2 aromatic heterocycles. The maximum Gasteiger partial charge on any atom is 0.308 e. The van der Waals surface area contributed by atoms with Crippen molar-refractivity contribution in [3.05, 3.63) is 81.2 Å². The number of nitrogens with zero attached hydrogens (tertiary/aromatic N) is 4. The molecule has 1 aliphatic rings. The molecule has 0 unspecified atom stereocenters. The largest absolute Gasteiger partial charge is 0.496 e. The fourth-order valence-corrected chi connectivity index (χ4v) is 5.81. The van der Waals surface area contributed by atoms with Gasteiger partial charge in [0.05, 0.1) is 26.4 Å². The van der Waals surface area contributed by atoms with Crippen LogP contribution >= 0.6 is 11.3 Å². The van der Waals surface area contributed by atoms with Crippen LogP contribution in [-0.4, -0.2) is 47.0 Å². The van der Waals surface area contributed by atoms with E-state index >= 15 is 0 Å². The zero-order valence-electron chi connectivity index (χ0n) is 21.2. The Balaban J connectivity index is 1.67. The lowest BCUT2D eigenvalue weighted by Crippen LogP contribution is -2.12. The second-order valence-corrected chi connectivity index (χ2v) is 10.0. The van der Waals surface area contributed by atoms with E-state index in [4.69, 9.17) is 14.5 Å². The first-order valence-electron chi connectivity index (χ1n) is 11.8. The summed E-state index contributed by atoms with van der Waals surface area (Å²) in [5.41, 5.74) is 6.14. The summed E-state index contributed by atoms with van der Waals surface area (Å²) in [5.74, 6) is 1.67. The molecule has 37 heavy (non-hydrogen) atoms. The average molecular weight is 515 g/mol.